The molecule has 2 aliphatic rings. The van der Waals surface area contributed by atoms with Crippen LogP contribution in [-0.2, 0) is 14.3 Å². The van der Waals surface area contributed by atoms with E-state index in [0.29, 0.717) is 29.9 Å². The van der Waals surface area contributed by atoms with E-state index in [-0.39, 0.29) is 36.4 Å². The van der Waals surface area contributed by atoms with E-state index in [4.69, 9.17) is 5.26 Å². The van der Waals surface area contributed by atoms with Crippen molar-refractivity contribution in [3.63, 3.8) is 0 Å². The van der Waals surface area contributed by atoms with Crippen LogP contribution in [0.15, 0.2) is 17.1 Å². The molecule has 2 bridgehead atoms. The number of aromatic hydroxyl groups is 1. The first-order valence-corrected chi connectivity index (χ1v) is 9.16. The van der Waals surface area contributed by atoms with Gasteiger partial charge in [0.25, 0.3) is 0 Å². The van der Waals surface area contributed by atoms with E-state index in [1.807, 2.05) is 6.07 Å². The molecule has 150 valence electrons. The molecule has 4 rings (SSSR count). The van der Waals surface area contributed by atoms with Crippen molar-refractivity contribution in [1.29, 1.82) is 5.26 Å². The number of nitriles is 1. The number of imidazole rings is 1. The van der Waals surface area contributed by atoms with Gasteiger partial charge in [0.2, 0.25) is 11.8 Å². The first-order chi connectivity index (χ1) is 13.9. The van der Waals surface area contributed by atoms with Crippen molar-refractivity contribution in [3.8, 4) is 17.6 Å². The quantitative estimate of drug-likeness (QED) is 0.752. The van der Waals surface area contributed by atoms with Crippen LogP contribution in [0.3, 0.4) is 0 Å². The lowest BCUT2D eigenvalue weighted by Gasteiger charge is -2.27. The fourth-order valence-corrected chi connectivity index (χ4v) is 4.21. The molecule has 0 spiro atoms. The van der Waals surface area contributed by atoms with Crippen molar-refractivity contribution in [1.82, 2.24) is 19.0 Å². The fraction of sp³-hybridized carbons (Fsp3) is 0.421. The van der Waals surface area contributed by atoms with Gasteiger partial charge in [-0.1, -0.05) is 0 Å². The van der Waals surface area contributed by atoms with Crippen molar-refractivity contribution in [2.75, 3.05) is 13.7 Å². The summed E-state index contributed by atoms with van der Waals surface area (Å²) in [7, 11) is 1.27. The number of aryl methyl sites for hydroxylation is 1. The lowest BCUT2D eigenvalue weighted by molar-refractivity contribution is -0.144. The van der Waals surface area contributed by atoms with Gasteiger partial charge in [0.1, 0.15) is 17.5 Å². The lowest BCUT2D eigenvalue weighted by atomic mass is 10.1. The zero-order valence-corrected chi connectivity index (χ0v) is 16.0. The molecule has 0 radical (unpaired) electrons. The van der Waals surface area contributed by atoms with Crippen LogP contribution in [0.4, 0.5) is 0 Å². The Morgan fingerprint density at radius 1 is 1.41 bits per heavy atom. The number of carbonyl (C=O) groups is 2. The van der Waals surface area contributed by atoms with E-state index < -0.39 is 17.7 Å². The van der Waals surface area contributed by atoms with Crippen molar-refractivity contribution in [2.24, 2.45) is 0 Å². The third-order valence-electron chi connectivity index (χ3n) is 5.58. The van der Waals surface area contributed by atoms with Crippen molar-refractivity contribution < 1.29 is 19.4 Å². The zero-order valence-electron chi connectivity index (χ0n) is 16.0. The molecule has 10 heteroatoms. The molecule has 1 amide bonds. The van der Waals surface area contributed by atoms with Crippen LogP contribution in [0, 0.1) is 18.3 Å². The second kappa shape index (κ2) is 6.77. The van der Waals surface area contributed by atoms with E-state index in [1.54, 1.807) is 17.9 Å². The molecule has 0 saturated carbocycles. The van der Waals surface area contributed by atoms with Crippen LogP contribution >= 0.6 is 0 Å². The molecular formula is C19H19N5O5. The average Bonchev–Trinajstić information content (AvgIpc) is 3.37. The smallest absolute Gasteiger partial charge is 0.336 e. The number of fused-ring (bicyclic) bond motifs is 5. The van der Waals surface area contributed by atoms with Gasteiger partial charge >= 0.3 is 11.7 Å². The fourth-order valence-electron chi connectivity index (χ4n) is 4.21. The largest absolute Gasteiger partial charge is 0.493 e. The Bertz CT molecular complexity index is 1130. The van der Waals surface area contributed by atoms with Crippen LogP contribution in [0.25, 0.3) is 5.69 Å². The number of methoxy groups -OCH3 is 1. The minimum absolute atomic E-state index is 0.0142. The summed E-state index contributed by atoms with van der Waals surface area (Å²) in [5, 5.41) is 19.9. The maximum atomic E-state index is 13.0. The highest BCUT2D eigenvalue weighted by atomic mass is 16.5. The Labute approximate surface area is 165 Å². The molecule has 1 saturated heterocycles. The standard InChI is InChI=1S/C19H19N5O5/c1-10-5-11(8-21-13(10)7-20)24-18(27)17-14-6-12(23(17)19(24)28)9-22(14)15(25)3-4-16(26)29-2/h5,8,12,14,27H,3-4,6,9H2,1-2H3/t12-,14?/m1/s1. The van der Waals surface area contributed by atoms with Gasteiger partial charge in [-0.15, -0.1) is 0 Å². The molecule has 2 aromatic rings. The normalized spacial score (nSPS) is 19.1. The van der Waals surface area contributed by atoms with E-state index >= 15 is 0 Å². The molecule has 0 aromatic carbocycles. The second-order valence-corrected chi connectivity index (χ2v) is 7.20. The molecular weight excluding hydrogens is 378 g/mol. The molecule has 2 aromatic heterocycles. The summed E-state index contributed by atoms with van der Waals surface area (Å²) in [6, 6.07) is 2.92. The van der Waals surface area contributed by atoms with E-state index in [0.717, 1.165) is 4.57 Å². The van der Waals surface area contributed by atoms with Crippen molar-refractivity contribution >= 4 is 11.9 Å². The third-order valence-corrected chi connectivity index (χ3v) is 5.58. The van der Waals surface area contributed by atoms with Crippen LogP contribution in [0.1, 0.15) is 48.3 Å². The number of carbonyl (C=O) groups excluding carboxylic acids is 2. The molecule has 2 aliphatic heterocycles. The SMILES string of the molecule is COC(=O)CCC(=O)N1C[C@H]2CC1c1c(O)n(-c3cnc(C#N)c(C)c3)c(=O)n12. The Morgan fingerprint density at radius 3 is 2.83 bits per heavy atom. The molecule has 1 unspecified atom stereocenters. The highest BCUT2D eigenvalue weighted by Gasteiger charge is 2.49. The predicted molar refractivity (Wildman–Crippen MR) is 98.3 cm³/mol. The van der Waals surface area contributed by atoms with Gasteiger partial charge in [0.05, 0.1) is 37.5 Å². The Hall–Kier alpha value is -3.61. The van der Waals surface area contributed by atoms with Crippen LogP contribution < -0.4 is 5.69 Å². The summed E-state index contributed by atoms with van der Waals surface area (Å²) in [4.78, 5) is 42.5. The topological polar surface area (TPSA) is 130 Å². The highest BCUT2D eigenvalue weighted by Crippen LogP contribution is 2.48. The van der Waals surface area contributed by atoms with Gasteiger partial charge in [0, 0.05) is 13.0 Å². The number of esters is 1. The molecule has 1 fully saturated rings. The van der Waals surface area contributed by atoms with Gasteiger partial charge in [-0.2, -0.15) is 5.26 Å². The van der Waals surface area contributed by atoms with Gasteiger partial charge in [0.15, 0.2) is 0 Å². The Morgan fingerprint density at radius 2 is 2.17 bits per heavy atom. The van der Waals surface area contributed by atoms with Crippen LogP contribution in [0.2, 0.25) is 0 Å². The zero-order chi connectivity index (χ0) is 20.9. The monoisotopic (exact) mass is 397 g/mol. The average molecular weight is 397 g/mol. The first-order valence-electron chi connectivity index (χ1n) is 9.16. The number of amides is 1. The molecule has 4 heterocycles. The number of ether oxygens (including phenoxy) is 1. The molecule has 29 heavy (non-hydrogen) atoms. The summed E-state index contributed by atoms with van der Waals surface area (Å²) in [6.07, 6.45) is 1.91. The molecule has 1 N–H and O–H groups in total. The number of hydrogen-bond acceptors (Lipinski definition) is 7. The number of likely N-dealkylation sites (tertiary alicyclic amines) is 1. The minimum atomic E-state index is -0.461. The van der Waals surface area contributed by atoms with Gasteiger partial charge in [-0.25, -0.2) is 14.3 Å². The van der Waals surface area contributed by atoms with Crippen LogP contribution in [-0.4, -0.2) is 49.7 Å². The summed E-state index contributed by atoms with van der Waals surface area (Å²) in [6.45, 7) is 2.05. The minimum Gasteiger partial charge on any atom is -0.493 e. The molecule has 2 atom stereocenters. The van der Waals surface area contributed by atoms with Crippen molar-refractivity contribution in [3.05, 3.63) is 39.7 Å². The molecule has 10 nitrogen and oxygen atoms in total. The summed E-state index contributed by atoms with van der Waals surface area (Å²) < 4.78 is 7.25. The number of rotatable bonds is 4. The number of nitrogens with zero attached hydrogens (tertiary/aromatic N) is 5. The van der Waals surface area contributed by atoms with Gasteiger partial charge < -0.3 is 14.7 Å². The molecule has 0 aliphatic carbocycles. The van der Waals surface area contributed by atoms with Gasteiger partial charge in [-0.3, -0.25) is 14.2 Å². The Balaban J connectivity index is 1.68. The number of pyridine rings is 1. The van der Waals surface area contributed by atoms with E-state index in [1.165, 1.54) is 17.9 Å². The van der Waals surface area contributed by atoms with Gasteiger partial charge in [-0.05, 0) is 25.0 Å². The van der Waals surface area contributed by atoms with Crippen molar-refractivity contribution in [2.45, 2.75) is 38.3 Å². The maximum Gasteiger partial charge on any atom is 0.336 e. The predicted octanol–water partition coefficient (Wildman–Crippen LogP) is 0.701. The van der Waals surface area contributed by atoms with E-state index in [9.17, 15) is 19.5 Å². The number of aromatic nitrogens is 3. The summed E-state index contributed by atoms with van der Waals surface area (Å²) >= 11 is 0. The second-order valence-electron chi connectivity index (χ2n) is 7.20. The van der Waals surface area contributed by atoms with Crippen LogP contribution in [0.5, 0.6) is 5.88 Å². The summed E-state index contributed by atoms with van der Waals surface area (Å²) in [5.41, 5.74) is 1.17. The lowest BCUT2D eigenvalue weighted by Crippen LogP contribution is -2.38. The third kappa shape index (κ3) is 2.77. The highest BCUT2D eigenvalue weighted by molar-refractivity contribution is 5.82. The number of hydrogen-bond donors (Lipinski definition) is 1. The maximum absolute atomic E-state index is 13.0. The van der Waals surface area contributed by atoms with E-state index in [2.05, 4.69) is 9.72 Å². The Kier molecular flexibility index (Phi) is 4.38. The first kappa shape index (κ1) is 18.7. The summed E-state index contributed by atoms with van der Waals surface area (Å²) in [5.74, 6) is -0.916.